The topological polar surface area (TPSA) is 55.4 Å². The first-order chi connectivity index (χ1) is 12.6. The molecule has 0 fully saturated rings. The zero-order chi connectivity index (χ0) is 18.5. The number of methoxy groups -OCH3 is 1. The number of rotatable bonds is 5. The van der Waals surface area contributed by atoms with E-state index in [1.54, 1.807) is 12.1 Å². The van der Waals surface area contributed by atoms with Crippen molar-refractivity contribution in [2.24, 2.45) is 0 Å². The van der Waals surface area contributed by atoms with E-state index in [-0.39, 0.29) is 5.91 Å². The maximum atomic E-state index is 12.5. The second-order valence-electron chi connectivity index (χ2n) is 5.93. The van der Waals surface area contributed by atoms with Gasteiger partial charge in [0.05, 0.1) is 12.7 Å². The fraction of sp³-hybridized carbons (Fsp3) is 0.143. The third-order valence-corrected chi connectivity index (χ3v) is 4.97. The molecule has 4 nitrogen and oxygen atoms in total. The Morgan fingerprint density at radius 3 is 2.50 bits per heavy atom. The molecule has 1 heterocycles. The highest BCUT2D eigenvalue weighted by atomic mass is 32.1. The normalized spacial score (nSPS) is 10.4. The molecule has 1 N–H and O–H groups in total. The quantitative estimate of drug-likeness (QED) is 0.668. The summed E-state index contributed by atoms with van der Waals surface area (Å²) in [6.07, 6.45) is 0.690. The van der Waals surface area contributed by atoms with Gasteiger partial charge in [0.25, 0.3) is 5.91 Å². The lowest BCUT2D eigenvalue weighted by Crippen LogP contribution is -2.13. The van der Waals surface area contributed by atoms with Gasteiger partial charge in [-0.15, -0.1) is 11.3 Å². The molecule has 3 rings (SSSR count). The van der Waals surface area contributed by atoms with Crippen LogP contribution >= 0.6 is 11.3 Å². The van der Waals surface area contributed by atoms with E-state index in [2.05, 4.69) is 5.32 Å². The van der Waals surface area contributed by atoms with Crippen molar-refractivity contribution in [2.75, 3.05) is 12.4 Å². The van der Waals surface area contributed by atoms with E-state index in [1.807, 2.05) is 55.5 Å². The lowest BCUT2D eigenvalue weighted by atomic mass is 10.1. The summed E-state index contributed by atoms with van der Waals surface area (Å²) in [5.74, 6) is -0.702. The minimum atomic E-state index is -0.458. The van der Waals surface area contributed by atoms with E-state index >= 15 is 0 Å². The van der Waals surface area contributed by atoms with Crippen LogP contribution in [0, 0.1) is 6.92 Å². The van der Waals surface area contributed by atoms with Crippen LogP contribution in [0.2, 0.25) is 0 Å². The molecule has 0 unspecified atom stereocenters. The molecule has 5 heteroatoms. The number of benzene rings is 2. The second-order valence-corrected chi connectivity index (χ2v) is 7.07. The fourth-order valence-corrected chi connectivity index (χ4v) is 3.72. The highest BCUT2D eigenvalue weighted by Gasteiger charge is 2.19. The molecule has 3 aromatic rings. The summed E-state index contributed by atoms with van der Waals surface area (Å²) in [7, 11) is 1.34. The molecule has 0 saturated carbocycles. The summed E-state index contributed by atoms with van der Waals surface area (Å²) < 4.78 is 4.86. The van der Waals surface area contributed by atoms with E-state index < -0.39 is 5.97 Å². The third kappa shape index (κ3) is 4.18. The molecule has 132 valence electrons. The van der Waals surface area contributed by atoms with Gasteiger partial charge in [-0.3, -0.25) is 4.79 Å². The van der Waals surface area contributed by atoms with Crippen molar-refractivity contribution < 1.29 is 14.3 Å². The van der Waals surface area contributed by atoms with E-state index in [0.717, 1.165) is 16.0 Å². The summed E-state index contributed by atoms with van der Waals surface area (Å²) in [5.41, 5.74) is 3.08. The molecule has 0 radical (unpaired) electrons. The molecule has 0 aliphatic rings. The van der Waals surface area contributed by atoms with Crippen LogP contribution in [0.25, 0.3) is 0 Å². The van der Waals surface area contributed by atoms with Gasteiger partial charge in [-0.2, -0.15) is 0 Å². The number of ether oxygens (including phenoxy) is 1. The Labute approximate surface area is 156 Å². The average Bonchev–Trinajstić information content (AvgIpc) is 3.04. The number of aryl methyl sites for hydroxylation is 1. The average molecular weight is 365 g/mol. The molecule has 0 aliphatic heterocycles. The highest BCUT2D eigenvalue weighted by molar-refractivity contribution is 7.16. The van der Waals surface area contributed by atoms with Gasteiger partial charge in [-0.25, -0.2) is 4.79 Å². The second kappa shape index (κ2) is 7.97. The van der Waals surface area contributed by atoms with Crippen molar-refractivity contribution in [1.82, 2.24) is 0 Å². The monoisotopic (exact) mass is 365 g/mol. The Morgan fingerprint density at radius 1 is 1.04 bits per heavy atom. The minimum Gasteiger partial charge on any atom is -0.465 e. The summed E-state index contributed by atoms with van der Waals surface area (Å²) in [6.45, 7) is 1.93. The minimum absolute atomic E-state index is 0.244. The number of nitrogens with one attached hydrogen (secondary N) is 1. The number of esters is 1. The molecule has 0 bridgehead atoms. The Kier molecular flexibility index (Phi) is 5.49. The van der Waals surface area contributed by atoms with Crippen molar-refractivity contribution in [3.63, 3.8) is 0 Å². The molecule has 0 aliphatic carbocycles. The zero-order valence-electron chi connectivity index (χ0n) is 14.6. The van der Waals surface area contributed by atoms with Crippen LogP contribution in [0.3, 0.4) is 0 Å². The van der Waals surface area contributed by atoms with Crippen molar-refractivity contribution in [3.8, 4) is 0 Å². The lowest BCUT2D eigenvalue weighted by molar-refractivity contribution is 0.0602. The van der Waals surface area contributed by atoms with Gasteiger partial charge in [0.15, 0.2) is 0 Å². The zero-order valence-corrected chi connectivity index (χ0v) is 15.4. The van der Waals surface area contributed by atoms with Crippen molar-refractivity contribution in [1.29, 1.82) is 0 Å². The summed E-state index contributed by atoms with van der Waals surface area (Å²) in [4.78, 5) is 25.6. The van der Waals surface area contributed by atoms with Crippen LogP contribution in [0.4, 0.5) is 5.00 Å². The number of carbonyl (C=O) groups excluding carboxylic acids is 2. The SMILES string of the molecule is COC(=O)c1cc(Cc2ccccc2)sc1NC(=O)c1cccc(C)c1. The Morgan fingerprint density at radius 2 is 1.81 bits per heavy atom. The Bertz CT molecular complexity index is 931. The summed E-state index contributed by atoms with van der Waals surface area (Å²) >= 11 is 1.39. The van der Waals surface area contributed by atoms with Crippen LogP contribution in [-0.2, 0) is 11.2 Å². The van der Waals surface area contributed by atoms with Gasteiger partial charge in [0.1, 0.15) is 5.00 Å². The van der Waals surface area contributed by atoms with Gasteiger partial charge >= 0.3 is 5.97 Å². The first-order valence-corrected chi connectivity index (χ1v) is 9.01. The van der Waals surface area contributed by atoms with Crippen LogP contribution in [-0.4, -0.2) is 19.0 Å². The summed E-state index contributed by atoms with van der Waals surface area (Å²) in [5, 5.41) is 3.36. The molecule has 2 aromatic carbocycles. The standard InChI is InChI=1S/C21H19NO3S/c1-14-7-6-10-16(11-14)19(23)22-20-18(21(24)25-2)13-17(26-20)12-15-8-4-3-5-9-15/h3-11,13H,12H2,1-2H3,(H,22,23). The van der Waals surface area contributed by atoms with E-state index in [4.69, 9.17) is 4.74 Å². The number of anilines is 1. The van der Waals surface area contributed by atoms with Crippen LogP contribution in [0.15, 0.2) is 60.7 Å². The van der Waals surface area contributed by atoms with Crippen LogP contribution in [0.5, 0.6) is 0 Å². The maximum absolute atomic E-state index is 12.5. The van der Waals surface area contributed by atoms with Gasteiger partial charge in [0, 0.05) is 16.9 Å². The molecule has 0 saturated heterocycles. The van der Waals surface area contributed by atoms with Crippen molar-refractivity contribution >= 4 is 28.2 Å². The third-order valence-electron chi connectivity index (χ3n) is 3.92. The van der Waals surface area contributed by atoms with Gasteiger partial charge in [-0.1, -0.05) is 48.0 Å². The predicted molar refractivity (Wildman–Crippen MR) is 104 cm³/mol. The van der Waals surface area contributed by atoms with Gasteiger partial charge < -0.3 is 10.1 Å². The van der Waals surface area contributed by atoms with Crippen molar-refractivity contribution in [2.45, 2.75) is 13.3 Å². The lowest BCUT2D eigenvalue weighted by Gasteiger charge is -2.06. The molecular weight excluding hydrogens is 346 g/mol. The number of hydrogen-bond acceptors (Lipinski definition) is 4. The van der Waals surface area contributed by atoms with Crippen molar-refractivity contribution in [3.05, 3.63) is 87.8 Å². The fourth-order valence-electron chi connectivity index (χ4n) is 2.64. The molecule has 0 atom stereocenters. The van der Waals surface area contributed by atoms with E-state index in [9.17, 15) is 9.59 Å². The van der Waals surface area contributed by atoms with E-state index in [0.29, 0.717) is 22.5 Å². The largest absolute Gasteiger partial charge is 0.465 e. The molecule has 0 spiro atoms. The number of hydrogen-bond donors (Lipinski definition) is 1. The van der Waals surface area contributed by atoms with Gasteiger partial charge in [-0.05, 0) is 30.7 Å². The highest BCUT2D eigenvalue weighted by Crippen LogP contribution is 2.31. The predicted octanol–water partition coefficient (Wildman–Crippen LogP) is 4.69. The Balaban J connectivity index is 1.87. The molecule has 1 aromatic heterocycles. The van der Waals surface area contributed by atoms with Crippen LogP contribution < -0.4 is 5.32 Å². The molecule has 26 heavy (non-hydrogen) atoms. The molecular formula is C21H19NO3S. The number of thiophene rings is 1. The molecule has 1 amide bonds. The maximum Gasteiger partial charge on any atom is 0.340 e. The van der Waals surface area contributed by atoms with E-state index in [1.165, 1.54) is 18.4 Å². The number of carbonyl (C=O) groups is 2. The smallest absolute Gasteiger partial charge is 0.340 e. The van der Waals surface area contributed by atoms with Gasteiger partial charge in [0.2, 0.25) is 0 Å². The Hall–Kier alpha value is -2.92. The summed E-state index contributed by atoms with van der Waals surface area (Å²) in [6, 6.07) is 19.1. The van der Waals surface area contributed by atoms with Crippen LogP contribution in [0.1, 0.15) is 36.7 Å². The first-order valence-electron chi connectivity index (χ1n) is 8.20. The number of amides is 1. The first kappa shape index (κ1) is 17.9.